The van der Waals surface area contributed by atoms with Gasteiger partial charge in [0.05, 0.1) is 21.6 Å². The van der Waals surface area contributed by atoms with E-state index in [2.05, 4.69) is 10.1 Å². The Morgan fingerprint density at radius 3 is 2.59 bits per heavy atom. The average molecular weight is 503 g/mol. The third-order valence-electron chi connectivity index (χ3n) is 5.40. The van der Waals surface area contributed by atoms with E-state index in [9.17, 15) is 18.3 Å². The highest BCUT2D eigenvalue weighted by atomic mass is 35.5. The third kappa shape index (κ3) is 4.51. The number of hydrogen-bond donors (Lipinski definition) is 1. The van der Waals surface area contributed by atoms with Crippen LogP contribution >= 0.6 is 23.4 Å². The highest BCUT2D eigenvalue weighted by Gasteiger charge is 2.29. The number of thioether (sulfide) groups is 1. The lowest BCUT2D eigenvalue weighted by molar-refractivity contribution is -0.105. The van der Waals surface area contributed by atoms with Crippen molar-refractivity contribution in [2.45, 2.75) is 17.4 Å². The van der Waals surface area contributed by atoms with Crippen molar-refractivity contribution in [2.24, 2.45) is 7.05 Å². The Morgan fingerprint density at radius 2 is 1.85 bits per heavy atom. The summed E-state index contributed by atoms with van der Waals surface area (Å²) in [5, 5.41) is 18.6. The molecule has 0 bridgehead atoms. The Hall–Kier alpha value is -3.01. The van der Waals surface area contributed by atoms with Crippen molar-refractivity contribution in [1.29, 1.82) is 0 Å². The van der Waals surface area contributed by atoms with Crippen LogP contribution in [0.4, 0.5) is 18.9 Å². The molecule has 1 N–H and O–H groups in total. The number of hydrogen-bond acceptors (Lipinski definition) is 5. The molecule has 0 saturated heterocycles. The molecule has 1 atom stereocenters. The molecule has 34 heavy (non-hydrogen) atoms. The number of aromatic nitrogens is 3. The molecule has 0 fully saturated rings. The van der Waals surface area contributed by atoms with Gasteiger partial charge in [-0.05, 0) is 48.0 Å². The first-order valence-electron chi connectivity index (χ1n) is 10.3. The Kier molecular flexibility index (Phi) is 5.79. The van der Waals surface area contributed by atoms with Gasteiger partial charge >= 0.3 is 6.18 Å². The summed E-state index contributed by atoms with van der Waals surface area (Å²) in [6.07, 6.45) is -1.79. The van der Waals surface area contributed by atoms with Crippen LogP contribution in [0.25, 0.3) is 22.7 Å². The Bertz CT molecular complexity index is 1500. The Morgan fingerprint density at radius 1 is 1.09 bits per heavy atom. The summed E-state index contributed by atoms with van der Waals surface area (Å²) in [5.74, 6) is -1.04. The van der Waals surface area contributed by atoms with Gasteiger partial charge in [0.25, 0.3) is 0 Å². The number of nitrogens with zero attached hydrogens (tertiary/aromatic N) is 4. The zero-order valence-electron chi connectivity index (χ0n) is 17.8. The van der Waals surface area contributed by atoms with Gasteiger partial charge in [-0.15, -0.1) is 0 Å². The van der Waals surface area contributed by atoms with Crippen molar-refractivity contribution in [3.63, 3.8) is 0 Å². The van der Waals surface area contributed by atoms with E-state index in [0.717, 1.165) is 16.6 Å². The number of rotatable bonds is 4. The molecule has 1 aliphatic heterocycles. The van der Waals surface area contributed by atoms with E-state index in [4.69, 9.17) is 11.6 Å². The van der Waals surface area contributed by atoms with Gasteiger partial charge in [-0.1, -0.05) is 35.5 Å². The maximum absolute atomic E-state index is 12.7. The lowest BCUT2D eigenvalue weighted by Gasteiger charge is -2.31. The molecule has 0 aliphatic carbocycles. The number of anilines is 1. The molecule has 10 heteroatoms. The van der Waals surface area contributed by atoms with Gasteiger partial charge in [-0.3, -0.25) is 4.68 Å². The van der Waals surface area contributed by atoms with Crippen molar-refractivity contribution in [3.05, 3.63) is 81.9 Å². The molecule has 4 aromatic rings. The second-order valence-electron chi connectivity index (χ2n) is 7.87. The highest BCUT2D eigenvalue weighted by Crippen LogP contribution is 2.30. The van der Waals surface area contributed by atoms with E-state index in [-0.39, 0.29) is 5.03 Å². The van der Waals surface area contributed by atoms with Crippen LogP contribution in [0.5, 0.6) is 0 Å². The molecule has 5 rings (SSSR count). The fourth-order valence-corrected chi connectivity index (χ4v) is 4.68. The summed E-state index contributed by atoms with van der Waals surface area (Å²) in [5.41, 5.74) is 2.72. The highest BCUT2D eigenvalue weighted by molar-refractivity contribution is 7.99. The maximum Gasteiger partial charge on any atom is 0.398 e. The number of alkyl halides is 3. The standard InChI is InChI=1S/C24H18ClF3N4OS/c1-31-11-16-10-18(7-8-19(16)30-31)32-12-15-4-9-20(34-13-24(26,27)28)29-22(15)21(23(32)33)14-2-5-17(25)6-3-14/h2-12,23,33H,13H2,1H3. The predicted octanol–water partition coefficient (Wildman–Crippen LogP) is 4.05. The molecule has 0 spiro atoms. The molecule has 5 nitrogen and oxygen atoms in total. The van der Waals surface area contributed by atoms with E-state index < -0.39 is 18.2 Å². The molecule has 3 heterocycles. The molecule has 1 aliphatic rings. The first-order valence-corrected chi connectivity index (χ1v) is 11.6. The SMILES string of the molecule is Cn1cc2cc(N3C=c4ccc(SCC(F)(F)F)nc4=C(c4ccc(Cl)cc4)C3O)ccc2n1. The van der Waals surface area contributed by atoms with E-state index in [1.165, 1.54) is 0 Å². The first-order chi connectivity index (χ1) is 16.2. The van der Waals surface area contributed by atoms with Gasteiger partial charge in [0.1, 0.15) is 0 Å². The van der Waals surface area contributed by atoms with Gasteiger partial charge < -0.3 is 10.0 Å². The minimum Gasteiger partial charge on any atom is -0.369 e. The van der Waals surface area contributed by atoms with Gasteiger partial charge in [0, 0.05) is 46.3 Å². The van der Waals surface area contributed by atoms with Crippen LogP contribution in [0.15, 0.2) is 65.8 Å². The number of benzene rings is 2. The second-order valence-corrected chi connectivity index (χ2v) is 9.30. The minimum absolute atomic E-state index is 0.230. The fraction of sp³-hybridized carbons (Fsp3) is 0.167. The summed E-state index contributed by atoms with van der Waals surface area (Å²) in [7, 11) is 1.84. The van der Waals surface area contributed by atoms with Crippen LogP contribution in [0.3, 0.4) is 0 Å². The predicted molar refractivity (Wildman–Crippen MR) is 128 cm³/mol. The molecule has 0 saturated carbocycles. The van der Waals surface area contributed by atoms with Crippen molar-refractivity contribution >= 4 is 51.7 Å². The lowest BCUT2D eigenvalue weighted by Crippen LogP contribution is -2.47. The van der Waals surface area contributed by atoms with Gasteiger partial charge in [-0.25, -0.2) is 4.98 Å². The van der Waals surface area contributed by atoms with Gasteiger partial charge in [0.15, 0.2) is 6.23 Å². The molecule has 2 aromatic carbocycles. The summed E-state index contributed by atoms with van der Waals surface area (Å²) >= 11 is 6.67. The number of aliphatic hydroxyl groups is 1. The number of pyridine rings is 1. The van der Waals surface area contributed by atoms with Crippen molar-refractivity contribution in [1.82, 2.24) is 14.8 Å². The molecular weight excluding hydrogens is 485 g/mol. The number of halogens is 4. The smallest absolute Gasteiger partial charge is 0.369 e. The van der Waals surface area contributed by atoms with Crippen LogP contribution < -0.4 is 15.5 Å². The summed E-state index contributed by atoms with van der Waals surface area (Å²) in [6, 6.07) is 15.9. The Balaban J connectivity index is 1.66. The van der Waals surface area contributed by atoms with Crippen molar-refractivity contribution < 1.29 is 18.3 Å². The maximum atomic E-state index is 12.7. The van der Waals surface area contributed by atoms with E-state index in [0.29, 0.717) is 38.5 Å². The largest absolute Gasteiger partial charge is 0.398 e. The molecule has 0 amide bonds. The average Bonchev–Trinajstić information content (AvgIpc) is 3.17. The quantitative estimate of drug-likeness (QED) is 0.427. The number of aliphatic hydroxyl groups excluding tert-OH is 1. The summed E-state index contributed by atoms with van der Waals surface area (Å²) in [4.78, 5) is 6.20. The first kappa shape index (κ1) is 22.8. The molecule has 174 valence electrons. The molecule has 0 radical (unpaired) electrons. The fourth-order valence-electron chi connectivity index (χ4n) is 3.92. The van der Waals surface area contributed by atoms with Crippen LogP contribution in [0, 0.1) is 0 Å². The summed E-state index contributed by atoms with van der Waals surface area (Å²) in [6.45, 7) is 0. The van der Waals surface area contributed by atoms with E-state index in [1.54, 1.807) is 52.2 Å². The normalized spacial score (nSPS) is 16.0. The second kappa shape index (κ2) is 8.65. The summed E-state index contributed by atoms with van der Waals surface area (Å²) < 4.78 is 40.0. The van der Waals surface area contributed by atoms with Crippen molar-refractivity contribution in [2.75, 3.05) is 10.7 Å². The van der Waals surface area contributed by atoms with Crippen LogP contribution in [-0.4, -0.2) is 38.0 Å². The van der Waals surface area contributed by atoms with E-state index >= 15 is 0 Å². The zero-order valence-corrected chi connectivity index (χ0v) is 19.4. The number of fused-ring (bicyclic) bond motifs is 2. The van der Waals surface area contributed by atoms with Crippen LogP contribution in [0.1, 0.15) is 5.56 Å². The van der Waals surface area contributed by atoms with Crippen LogP contribution in [-0.2, 0) is 7.05 Å². The molecule has 1 unspecified atom stereocenters. The monoisotopic (exact) mass is 502 g/mol. The lowest BCUT2D eigenvalue weighted by atomic mass is 9.99. The topological polar surface area (TPSA) is 54.2 Å². The minimum atomic E-state index is -4.31. The third-order valence-corrected chi connectivity index (χ3v) is 6.64. The Labute approximate surface area is 201 Å². The van der Waals surface area contributed by atoms with Crippen molar-refractivity contribution in [3.8, 4) is 0 Å². The zero-order chi connectivity index (χ0) is 24.0. The number of aryl methyl sites for hydroxylation is 1. The van der Waals surface area contributed by atoms with E-state index in [1.807, 2.05) is 31.4 Å². The van der Waals surface area contributed by atoms with Crippen LogP contribution in [0.2, 0.25) is 5.02 Å². The van der Waals surface area contributed by atoms with Gasteiger partial charge in [-0.2, -0.15) is 18.3 Å². The van der Waals surface area contributed by atoms with Gasteiger partial charge in [0.2, 0.25) is 0 Å². The molecule has 2 aromatic heterocycles. The molecular formula is C24H18ClF3N4OS.